The highest BCUT2D eigenvalue weighted by Crippen LogP contribution is 2.35. The minimum atomic E-state index is -0.218. The van der Waals surface area contributed by atoms with Crippen LogP contribution < -0.4 is 4.74 Å². The van der Waals surface area contributed by atoms with Crippen LogP contribution in [0.2, 0.25) is 0 Å². The van der Waals surface area contributed by atoms with Crippen LogP contribution in [0, 0.1) is 6.92 Å². The summed E-state index contributed by atoms with van der Waals surface area (Å²) in [7, 11) is 0. The first-order valence-corrected chi connectivity index (χ1v) is 13.5. The molecule has 7 nitrogen and oxygen atoms in total. The van der Waals surface area contributed by atoms with E-state index in [-0.39, 0.29) is 18.1 Å². The molecule has 2 unspecified atom stereocenters. The smallest absolute Gasteiger partial charge is 0.286 e. The molecule has 0 N–H and O–H groups in total. The highest BCUT2D eigenvalue weighted by Gasteiger charge is 2.31. The van der Waals surface area contributed by atoms with Crippen molar-refractivity contribution in [3.8, 4) is 22.7 Å². The molecule has 37 heavy (non-hydrogen) atoms. The number of para-hydroxylation sites is 1. The van der Waals surface area contributed by atoms with Crippen LogP contribution in [0.5, 0.6) is 5.75 Å². The first kappa shape index (κ1) is 25.3. The Balaban J connectivity index is 1.49. The quantitative estimate of drug-likeness (QED) is 0.391. The number of hydrogen-bond donors (Lipinski definition) is 0. The van der Waals surface area contributed by atoms with Crippen LogP contribution in [-0.4, -0.2) is 57.7 Å². The molecule has 2 atom stereocenters. The second-order valence-electron chi connectivity index (χ2n) is 9.51. The number of ether oxygens (including phenoxy) is 2. The van der Waals surface area contributed by atoms with E-state index >= 15 is 0 Å². The maximum absolute atomic E-state index is 12.9. The number of rotatable bonds is 6. The topological polar surface area (TPSA) is 68.9 Å². The molecule has 0 aliphatic carbocycles. The molecule has 1 amide bonds. The molecule has 1 saturated heterocycles. The Morgan fingerprint density at radius 3 is 2.59 bits per heavy atom. The fourth-order valence-corrected chi connectivity index (χ4v) is 5.53. The number of aliphatic imine (C=N–C) groups is 1. The Labute approximate surface area is 222 Å². The first-order valence-electron chi connectivity index (χ1n) is 12.7. The number of carbonyl (C=O) groups is 1. The summed E-state index contributed by atoms with van der Waals surface area (Å²) in [5.74, 6) is 0.659. The summed E-state index contributed by atoms with van der Waals surface area (Å²) in [4.78, 5) is 20.1. The van der Waals surface area contributed by atoms with Gasteiger partial charge < -0.3 is 14.4 Å². The molecule has 2 aliphatic heterocycles. The number of amidine groups is 1. The summed E-state index contributed by atoms with van der Waals surface area (Å²) in [6.07, 6.45) is 5.03. The van der Waals surface area contributed by atoms with E-state index in [4.69, 9.17) is 14.6 Å². The van der Waals surface area contributed by atoms with Gasteiger partial charge in [0.1, 0.15) is 11.4 Å². The lowest BCUT2D eigenvalue weighted by Gasteiger charge is -2.35. The molecule has 1 fully saturated rings. The van der Waals surface area contributed by atoms with Gasteiger partial charge in [-0.3, -0.25) is 4.79 Å². The minimum Gasteiger partial charge on any atom is -0.493 e. The fourth-order valence-electron chi connectivity index (χ4n) is 4.61. The molecular formula is C29H32N4O3S. The van der Waals surface area contributed by atoms with Crippen LogP contribution in [-0.2, 0) is 9.53 Å². The number of benzene rings is 2. The summed E-state index contributed by atoms with van der Waals surface area (Å²) >= 11 is 1.42. The molecule has 0 radical (unpaired) electrons. The lowest BCUT2D eigenvalue weighted by atomic mass is 10.0. The van der Waals surface area contributed by atoms with E-state index in [1.54, 1.807) is 0 Å². The third-order valence-corrected chi connectivity index (χ3v) is 7.30. The number of amides is 1. The molecule has 0 spiro atoms. The van der Waals surface area contributed by atoms with Gasteiger partial charge >= 0.3 is 0 Å². The molecule has 5 rings (SSSR count). The van der Waals surface area contributed by atoms with E-state index in [9.17, 15) is 4.79 Å². The second-order valence-corrected chi connectivity index (χ2v) is 10.5. The molecule has 0 bridgehead atoms. The monoisotopic (exact) mass is 516 g/mol. The first-order chi connectivity index (χ1) is 17.9. The fraction of sp³-hybridized carbons (Fsp3) is 0.345. The summed E-state index contributed by atoms with van der Waals surface area (Å²) < 4.78 is 13.6. The van der Waals surface area contributed by atoms with Crippen molar-refractivity contribution in [2.24, 2.45) is 4.99 Å². The van der Waals surface area contributed by atoms with Crippen molar-refractivity contribution in [1.82, 2.24) is 14.7 Å². The predicted octanol–water partition coefficient (Wildman–Crippen LogP) is 5.72. The number of carbonyl (C=O) groups excluding carboxylic acids is 1. The number of hydrogen-bond acceptors (Lipinski definition) is 6. The van der Waals surface area contributed by atoms with E-state index < -0.39 is 0 Å². The molecule has 3 heterocycles. The van der Waals surface area contributed by atoms with Crippen molar-refractivity contribution in [1.29, 1.82) is 0 Å². The normalized spacial score (nSPS) is 21.0. The Bertz CT molecular complexity index is 1340. The van der Waals surface area contributed by atoms with Gasteiger partial charge in [0.05, 0.1) is 29.4 Å². The van der Waals surface area contributed by atoms with E-state index in [0.29, 0.717) is 11.5 Å². The highest BCUT2D eigenvalue weighted by molar-refractivity contribution is 8.18. The van der Waals surface area contributed by atoms with Crippen molar-refractivity contribution >= 4 is 28.9 Å². The van der Waals surface area contributed by atoms with Gasteiger partial charge in [-0.2, -0.15) is 10.1 Å². The summed E-state index contributed by atoms with van der Waals surface area (Å²) in [5, 5.41) is 5.67. The average Bonchev–Trinajstić information content (AvgIpc) is 3.47. The zero-order valence-electron chi connectivity index (χ0n) is 21.7. The summed E-state index contributed by atoms with van der Waals surface area (Å²) in [6, 6.07) is 16.1. The van der Waals surface area contributed by atoms with Crippen molar-refractivity contribution in [3.05, 3.63) is 70.8 Å². The maximum Gasteiger partial charge on any atom is 0.286 e. The number of aromatic nitrogens is 2. The third kappa shape index (κ3) is 5.65. The van der Waals surface area contributed by atoms with Gasteiger partial charge in [-0.05, 0) is 80.9 Å². The zero-order chi connectivity index (χ0) is 25.9. The minimum absolute atomic E-state index is 0.0957. The zero-order valence-corrected chi connectivity index (χ0v) is 22.5. The lowest BCUT2D eigenvalue weighted by Crippen LogP contribution is -2.47. The van der Waals surface area contributed by atoms with Crippen LogP contribution in [0.4, 0.5) is 0 Å². The Morgan fingerprint density at radius 2 is 1.89 bits per heavy atom. The molecule has 1 aromatic heterocycles. The number of thioether (sulfide) groups is 1. The van der Waals surface area contributed by atoms with Gasteiger partial charge in [-0.15, -0.1) is 0 Å². The third-order valence-electron chi connectivity index (χ3n) is 6.26. The summed E-state index contributed by atoms with van der Waals surface area (Å²) in [5.41, 5.74) is 4.63. The number of aryl methyl sites for hydroxylation is 1. The van der Waals surface area contributed by atoms with Crippen LogP contribution in [0.25, 0.3) is 23.0 Å². The van der Waals surface area contributed by atoms with Gasteiger partial charge in [0.2, 0.25) is 0 Å². The van der Waals surface area contributed by atoms with Crippen LogP contribution in [0.15, 0.2) is 64.6 Å². The van der Waals surface area contributed by atoms with Crippen molar-refractivity contribution in [2.45, 2.75) is 46.3 Å². The predicted molar refractivity (Wildman–Crippen MR) is 149 cm³/mol. The Hall–Kier alpha value is -3.36. The molecular weight excluding hydrogens is 484 g/mol. The molecule has 2 aliphatic rings. The second kappa shape index (κ2) is 10.9. The van der Waals surface area contributed by atoms with Crippen molar-refractivity contribution in [3.63, 3.8) is 0 Å². The van der Waals surface area contributed by atoms with E-state index in [2.05, 4.69) is 22.9 Å². The Kier molecular flexibility index (Phi) is 7.48. The molecule has 0 saturated carbocycles. The maximum atomic E-state index is 12.9. The molecule has 2 aromatic carbocycles. The van der Waals surface area contributed by atoms with Crippen LogP contribution in [0.1, 0.15) is 38.3 Å². The summed E-state index contributed by atoms with van der Waals surface area (Å²) in [6.45, 7) is 10.4. The number of morpholine rings is 1. The molecule has 3 aromatic rings. The number of nitrogens with zero attached hydrogens (tertiary/aromatic N) is 4. The standard InChI is InChI=1S/C29H32N4O3S/c1-5-13-35-25-12-11-22(14-19(25)2)27-23(18-33(31-27)24-9-7-6-8-10-24)15-26-28(34)30-29(37-26)32-16-20(3)36-21(4)17-32/h6-12,14-15,18,20-21H,5,13,16-17H2,1-4H3/b26-15+. The molecule has 192 valence electrons. The largest absolute Gasteiger partial charge is 0.493 e. The van der Waals surface area contributed by atoms with Gasteiger partial charge in [-0.1, -0.05) is 25.1 Å². The van der Waals surface area contributed by atoms with Crippen LogP contribution >= 0.6 is 11.8 Å². The van der Waals surface area contributed by atoms with E-state index in [1.807, 2.05) is 80.2 Å². The van der Waals surface area contributed by atoms with Gasteiger partial charge in [0, 0.05) is 30.4 Å². The lowest BCUT2D eigenvalue weighted by molar-refractivity contribution is -0.113. The van der Waals surface area contributed by atoms with Crippen molar-refractivity contribution < 1.29 is 14.3 Å². The average molecular weight is 517 g/mol. The van der Waals surface area contributed by atoms with Crippen molar-refractivity contribution in [2.75, 3.05) is 19.7 Å². The van der Waals surface area contributed by atoms with Crippen LogP contribution in [0.3, 0.4) is 0 Å². The van der Waals surface area contributed by atoms with E-state index in [0.717, 1.165) is 58.5 Å². The Morgan fingerprint density at radius 1 is 1.14 bits per heavy atom. The van der Waals surface area contributed by atoms with Gasteiger partial charge in [0.15, 0.2) is 5.17 Å². The SMILES string of the molecule is CCCOc1ccc(-c2nn(-c3ccccc3)cc2/C=C2/SC(N3CC(C)OC(C)C3)=NC2=O)cc1C. The van der Waals surface area contributed by atoms with Gasteiger partial charge in [0.25, 0.3) is 5.91 Å². The molecule has 8 heteroatoms. The van der Waals surface area contributed by atoms with Gasteiger partial charge in [-0.25, -0.2) is 4.68 Å². The van der Waals surface area contributed by atoms with E-state index in [1.165, 1.54) is 11.8 Å². The highest BCUT2D eigenvalue weighted by atomic mass is 32.2.